The summed E-state index contributed by atoms with van der Waals surface area (Å²) in [5, 5.41) is 2.93. The van der Waals surface area contributed by atoms with Crippen LogP contribution in [0.2, 0.25) is 0 Å². The van der Waals surface area contributed by atoms with Crippen molar-refractivity contribution in [3.05, 3.63) is 63.5 Å². The van der Waals surface area contributed by atoms with Crippen molar-refractivity contribution in [2.24, 2.45) is 0 Å². The van der Waals surface area contributed by atoms with Crippen LogP contribution < -0.4 is 5.73 Å². The quantitative estimate of drug-likeness (QED) is 0.740. The molecule has 0 aliphatic heterocycles. The summed E-state index contributed by atoms with van der Waals surface area (Å²) in [6.45, 7) is 4.06. The molecule has 3 nitrogen and oxygen atoms in total. The molecule has 0 saturated carbocycles. The number of pyridine rings is 1. The summed E-state index contributed by atoms with van der Waals surface area (Å²) in [6.07, 6.45) is 3.57. The maximum absolute atomic E-state index is 13.2. The van der Waals surface area contributed by atoms with Crippen molar-refractivity contribution < 1.29 is 4.39 Å². The summed E-state index contributed by atoms with van der Waals surface area (Å²) in [4.78, 5) is 8.46. The fourth-order valence-corrected chi connectivity index (χ4v) is 3.15. The van der Waals surface area contributed by atoms with Gasteiger partial charge in [-0.2, -0.15) is 0 Å². The highest BCUT2D eigenvalue weighted by atomic mass is 32.1. The van der Waals surface area contributed by atoms with E-state index in [0.717, 1.165) is 33.9 Å². The summed E-state index contributed by atoms with van der Waals surface area (Å²) in [5.41, 5.74) is 11.6. The van der Waals surface area contributed by atoms with E-state index in [9.17, 15) is 4.39 Å². The molecule has 3 aromatic rings. The molecule has 0 aliphatic carbocycles. The Balaban J connectivity index is 1.87. The molecule has 0 unspecified atom stereocenters. The molecule has 1 aromatic carbocycles. The molecule has 112 valence electrons. The Hall–Kier alpha value is -2.27. The summed E-state index contributed by atoms with van der Waals surface area (Å²) in [7, 11) is 0. The molecular weight excluding hydrogens is 297 g/mol. The maximum atomic E-state index is 13.2. The van der Waals surface area contributed by atoms with Crippen molar-refractivity contribution in [2.45, 2.75) is 20.3 Å². The van der Waals surface area contributed by atoms with Gasteiger partial charge in [0.05, 0.1) is 16.9 Å². The van der Waals surface area contributed by atoms with Crippen LogP contribution in [0.3, 0.4) is 0 Å². The zero-order chi connectivity index (χ0) is 15.7. The molecule has 3 rings (SSSR count). The van der Waals surface area contributed by atoms with Crippen LogP contribution in [0.1, 0.15) is 21.7 Å². The number of nitrogen functional groups attached to an aromatic ring is 1. The van der Waals surface area contributed by atoms with E-state index in [4.69, 9.17) is 5.73 Å². The standard InChI is InChI=1S/C17H16FN3S/c1-10-4-15(19)11(2)3-12(10)6-17-21-16(9-22-17)13-5-14(18)8-20-7-13/h3-5,7-9H,6,19H2,1-2H3. The molecular formula is C17H16FN3S. The van der Waals surface area contributed by atoms with Crippen molar-refractivity contribution in [1.82, 2.24) is 9.97 Å². The average Bonchev–Trinajstić information content (AvgIpc) is 2.93. The Bertz CT molecular complexity index is 827. The first kappa shape index (κ1) is 14.7. The number of nitrogens with zero attached hydrogens (tertiary/aromatic N) is 2. The third kappa shape index (κ3) is 2.99. The van der Waals surface area contributed by atoms with E-state index in [1.807, 2.05) is 18.4 Å². The van der Waals surface area contributed by atoms with Gasteiger partial charge >= 0.3 is 0 Å². The fraction of sp³-hybridized carbons (Fsp3) is 0.176. The van der Waals surface area contributed by atoms with Crippen LogP contribution in [0, 0.1) is 19.7 Å². The second-order valence-electron chi connectivity index (χ2n) is 5.33. The van der Waals surface area contributed by atoms with Crippen LogP contribution in [-0.4, -0.2) is 9.97 Å². The van der Waals surface area contributed by atoms with Gasteiger partial charge in [0.2, 0.25) is 0 Å². The van der Waals surface area contributed by atoms with Crippen molar-refractivity contribution in [3.8, 4) is 11.3 Å². The van der Waals surface area contributed by atoms with Crippen LogP contribution in [0.4, 0.5) is 10.1 Å². The smallest absolute Gasteiger partial charge is 0.142 e. The number of nitrogens with two attached hydrogens (primary N) is 1. The van der Waals surface area contributed by atoms with Crippen LogP contribution in [0.5, 0.6) is 0 Å². The Kier molecular flexibility index (Phi) is 3.90. The number of thiazole rings is 1. The van der Waals surface area contributed by atoms with Gasteiger partial charge in [0.25, 0.3) is 0 Å². The first-order chi connectivity index (χ1) is 10.5. The fourth-order valence-electron chi connectivity index (χ4n) is 2.33. The van der Waals surface area contributed by atoms with E-state index in [1.54, 1.807) is 17.5 Å². The van der Waals surface area contributed by atoms with Crippen molar-refractivity contribution in [1.29, 1.82) is 0 Å². The SMILES string of the molecule is Cc1cc(Cc2nc(-c3cncc(F)c3)cs2)c(C)cc1N. The summed E-state index contributed by atoms with van der Waals surface area (Å²) in [5.74, 6) is -0.350. The zero-order valence-corrected chi connectivity index (χ0v) is 13.2. The predicted molar refractivity (Wildman–Crippen MR) is 88.4 cm³/mol. The molecule has 0 saturated heterocycles. The van der Waals surface area contributed by atoms with E-state index < -0.39 is 0 Å². The second-order valence-corrected chi connectivity index (χ2v) is 6.27. The number of aromatic nitrogens is 2. The minimum absolute atomic E-state index is 0.350. The van der Waals surface area contributed by atoms with E-state index in [0.29, 0.717) is 5.56 Å². The van der Waals surface area contributed by atoms with Crippen LogP contribution in [-0.2, 0) is 6.42 Å². The van der Waals surface area contributed by atoms with Gasteiger partial charge in [0.1, 0.15) is 5.82 Å². The normalized spacial score (nSPS) is 10.9. The predicted octanol–water partition coefficient (Wildman–Crippen LogP) is 4.13. The lowest BCUT2D eigenvalue weighted by Gasteiger charge is -2.08. The third-order valence-corrected chi connectivity index (χ3v) is 4.47. The monoisotopic (exact) mass is 313 g/mol. The number of hydrogen-bond donors (Lipinski definition) is 1. The highest BCUT2D eigenvalue weighted by molar-refractivity contribution is 7.10. The Morgan fingerprint density at radius 3 is 2.73 bits per heavy atom. The first-order valence-corrected chi connectivity index (χ1v) is 7.82. The van der Waals surface area contributed by atoms with Gasteiger partial charge in [-0.05, 0) is 42.7 Å². The van der Waals surface area contributed by atoms with Crippen molar-refractivity contribution in [2.75, 3.05) is 5.73 Å². The minimum Gasteiger partial charge on any atom is -0.399 e. The lowest BCUT2D eigenvalue weighted by molar-refractivity contribution is 0.622. The highest BCUT2D eigenvalue weighted by Gasteiger charge is 2.09. The Labute approximate surface area is 132 Å². The van der Waals surface area contributed by atoms with Crippen LogP contribution >= 0.6 is 11.3 Å². The van der Waals surface area contributed by atoms with Crippen molar-refractivity contribution >= 4 is 17.0 Å². The number of hydrogen-bond acceptors (Lipinski definition) is 4. The topological polar surface area (TPSA) is 51.8 Å². The van der Waals surface area contributed by atoms with Gasteiger partial charge in [-0.15, -0.1) is 11.3 Å². The molecule has 2 N–H and O–H groups in total. The number of anilines is 1. The molecule has 0 radical (unpaired) electrons. The lowest BCUT2D eigenvalue weighted by atomic mass is 10.0. The minimum atomic E-state index is -0.350. The summed E-state index contributed by atoms with van der Waals surface area (Å²) >= 11 is 1.57. The Morgan fingerprint density at radius 1 is 1.14 bits per heavy atom. The second kappa shape index (κ2) is 5.85. The van der Waals surface area contributed by atoms with E-state index in [1.165, 1.54) is 17.8 Å². The lowest BCUT2D eigenvalue weighted by Crippen LogP contribution is -1.97. The molecule has 0 amide bonds. The molecule has 22 heavy (non-hydrogen) atoms. The van der Waals surface area contributed by atoms with Crippen molar-refractivity contribution in [3.63, 3.8) is 0 Å². The summed E-state index contributed by atoms with van der Waals surface area (Å²) in [6, 6.07) is 5.55. The highest BCUT2D eigenvalue weighted by Crippen LogP contribution is 2.25. The molecule has 5 heteroatoms. The van der Waals surface area contributed by atoms with Gasteiger partial charge in [0.15, 0.2) is 0 Å². The van der Waals surface area contributed by atoms with E-state index >= 15 is 0 Å². The van der Waals surface area contributed by atoms with Crippen LogP contribution in [0.15, 0.2) is 36.0 Å². The molecule has 0 bridgehead atoms. The third-order valence-electron chi connectivity index (χ3n) is 3.62. The van der Waals surface area contributed by atoms with Gasteiger partial charge < -0.3 is 5.73 Å². The zero-order valence-electron chi connectivity index (χ0n) is 12.4. The first-order valence-electron chi connectivity index (χ1n) is 6.94. The number of aryl methyl sites for hydroxylation is 2. The number of benzene rings is 1. The summed E-state index contributed by atoms with van der Waals surface area (Å²) < 4.78 is 13.2. The van der Waals surface area contributed by atoms with Gasteiger partial charge in [0, 0.05) is 29.2 Å². The average molecular weight is 313 g/mol. The van der Waals surface area contributed by atoms with Gasteiger partial charge in [-0.25, -0.2) is 9.37 Å². The van der Waals surface area contributed by atoms with Gasteiger partial charge in [-0.1, -0.05) is 6.07 Å². The largest absolute Gasteiger partial charge is 0.399 e. The van der Waals surface area contributed by atoms with Gasteiger partial charge in [-0.3, -0.25) is 4.98 Å². The van der Waals surface area contributed by atoms with E-state index in [2.05, 4.69) is 23.0 Å². The van der Waals surface area contributed by atoms with E-state index in [-0.39, 0.29) is 5.82 Å². The molecule has 0 aliphatic rings. The maximum Gasteiger partial charge on any atom is 0.142 e. The molecule has 2 heterocycles. The number of rotatable bonds is 3. The molecule has 2 aromatic heterocycles. The molecule has 0 atom stereocenters. The molecule has 0 spiro atoms. The van der Waals surface area contributed by atoms with Crippen LogP contribution in [0.25, 0.3) is 11.3 Å². The Morgan fingerprint density at radius 2 is 1.95 bits per heavy atom. The number of halogens is 1. The molecule has 0 fully saturated rings.